The maximum atomic E-state index is 5.61. The topological polar surface area (TPSA) is 64.7 Å². The number of anilines is 1. The van der Waals surface area contributed by atoms with Crippen molar-refractivity contribution in [1.82, 2.24) is 14.3 Å². The van der Waals surface area contributed by atoms with Gasteiger partial charge < -0.3 is 5.73 Å². The largest absolute Gasteiger partial charge is 0.374 e. The van der Waals surface area contributed by atoms with Gasteiger partial charge >= 0.3 is 0 Å². The monoisotopic (exact) mass is 306 g/mol. The summed E-state index contributed by atoms with van der Waals surface area (Å²) in [7, 11) is 0. The fourth-order valence-corrected chi connectivity index (χ4v) is 2.56. The Morgan fingerprint density at radius 3 is 2.88 bits per heavy atom. The molecule has 0 aliphatic heterocycles. The smallest absolute Gasteiger partial charge is 0.200 e. The SMILES string of the molecule is Nc1nc(-c2ccc(Br)c3cccnc23)ns1. The molecule has 6 heteroatoms. The van der Waals surface area contributed by atoms with Crippen molar-refractivity contribution in [2.75, 3.05) is 5.73 Å². The normalized spacial score (nSPS) is 10.9. The second-order valence-electron chi connectivity index (χ2n) is 3.45. The number of pyridine rings is 1. The fraction of sp³-hybridized carbons (Fsp3) is 0. The van der Waals surface area contributed by atoms with Gasteiger partial charge in [-0.1, -0.05) is 22.0 Å². The maximum absolute atomic E-state index is 5.61. The van der Waals surface area contributed by atoms with Crippen LogP contribution in [-0.4, -0.2) is 14.3 Å². The fourth-order valence-electron chi connectivity index (χ4n) is 1.66. The molecular formula is C11H7BrN4S. The molecule has 2 heterocycles. The van der Waals surface area contributed by atoms with Crippen molar-refractivity contribution in [2.24, 2.45) is 0 Å². The highest BCUT2D eigenvalue weighted by Gasteiger charge is 2.11. The highest BCUT2D eigenvalue weighted by molar-refractivity contribution is 9.10. The van der Waals surface area contributed by atoms with Crippen molar-refractivity contribution >= 4 is 43.5 Å². The summed E-state index contributed by atoms with van der Waals surface area (Å²) in [6.07, 6.45) is 1.76. The summed E-state index contributed by atoms with van der Waals surface area (Å²) in [4.78, 5) is 8.57. The van der Waals surface area contributed by atoms with Crippen LogP contribution in [0.15, 0.2) is 34.9 Å². The molecule has 0 saturated heterocycles. The number of aromatic nitrogens is 3. The molecule has 17 heavy (non-hydrogen) atoms. The van der Waals surface area contributed by atoms with Gasteiger partial charge in [-0.2, -0.15) is 9.36 Å². The quantitative estimate of drug-likeness (QED) is 0.750. The van der Waals surface area contributed by atoms with Crippen LogP contribution in [0.5, 0.6) is 0 Å². The van der Waals surface area contributed by atoms with Gasteiger partial charge in [0.2, 0.25) is 0 Å². The molecule has 0 aliphatic carbocycles. The third kappa shape index (κ3) is 1.79. The maximum Gasteiger partial charge on any atom is 0.200 e. The number of fused-ring (bicyclic) bond motifs is 1. The van der Waals surface area contributed by atoms with Crippen LogP contribution in [0.4, 0.5) is 5.13 Å². The van der Waals surface area contributed by atoms with Crippen molar-refractivity contribution in [3.05, 3.63) is 34.9 Å². The minimum Gasteiger partial charge on any atom is -0.374 e. The number of nitrogens with two attached hydrogens (primary N) is 1. The van der Waals surface area contributed by atoms with Gasteiger partial charge in [-0.15, -0.1) is 0 Å². The molecule has 0 bridgehead atoms. The van der Waals surface area contributed by atoms with Gasteiger partial charge in [0.1, 0.15) is 0 Å². The Labute approximate surface area is 110 Å². The lowest BCUT2D eigenvalue weighted by atomic mass is 10.1. The van der Waals surface area contributed by atoms with Crippen LogP contribution < -0.4 is 5.73 Å². The molecule has 0 amide bonds. The first-order chi connectivity index (χ1) is 8.25. The lowest BCUT2D eigenvalue weighted by Crippen LogP contribution is -1.88. The van der Waals surface area contributed by atoms with E-state index in [1.807, 2.05) is 24.3 Å². The predicted octanol–water partition coefficient (Wildman–Crippen LogP) is 3.10. The molecule has 0 radical (unpaired) electrons. The van der Waals surface area contributed by atoms with E-state index in [-0.39, 0.29) is 0 Å². The highest BCUT2D eigenvalue weighted by Crippen LogP contribution is 2.31. The Balaban J connectivity index is 2.34. The number of nitrogen functional groups attached to an aromatic ring is 1. The van der Waals surface area contributed by atoms with Gasteiger partial charge in [0.15, 0.2) is 11.0 Å². The van der Waals surface area contributed by atoms with Crippen molar-refractivity contribution in [3.63, 3.8) is 0 Å². The minimum atomic E-state index is 0.465. The Hall–Kier alpha value is -1.53. The Kier molecular flexibility index (Phi) is 2.53. The van der Waals surface area contributed by atoms with Gasteiger partial charge in [-0.3, -0.25) is 4.98 Å². The summed E-state index contributed by atoms with van der Waals surface area (Å²) in [5.74, 6) is 0.628. The lowest BCUT2D eigenvalue weighted by molar-refractivity contribution is 1.32. The van der Waals surface area contributed by atoms with Crippen LogP contribution in [0.3, 0.4) is 0 Å². The summed E-state index contributed by atoms with van der Waals surface area (Å²) < 4.78 is 5.22. The summed E-state index contributed by atoms with van der Waals surface area (Å²) in [6.45, 7) is 0. The zero-order chi connectivity index (χ0) is 11.8. The van der Waals surface area contributed by atoms with E-state index in [0.717, 1.165) is 20.9 Å². The summed E-state index contributed by atoms with van der Waals surface area (Å²) in [5.41, 5.74) is 7.38. The van der Waals surface area contributed by atoms with Crippen molar-refractivity contribution in [1.29, 1.82) is 0 Å². The van der Waals surface area contributed by atoms with Crippen LogP contribution in [0.1, 0.15) is 0 Å². The molecule has 3 rings (SSSR count). The van der Waals surface area contributed by atoms with Crippen LogP contribution in [-0.2, 0) is 0 Å². The number of halogens is 1. The molecule has 84 valence electrons. The average Bonchev–Trinajstić information content (AvgIpc) is 2.77. The molecule has 0 fully saturated rings. The molecule has 2 N–H and O–H groups in total. The molecule has 3 aromatic rings. The van der Waals surface area contributed by atoms with Crippen LogP contribution in [0.25, 0.3) is 22.3 Å². The Bertz CT molecular complexity index is 695. The zero-order valence-electron chi connectivity index (χ0n) is 8.59. The summed E-state index contributed by atoms with van der Waals surface area (Å²) >= 11 is 4.70. The average molecular weight is 307 g/mol. The first-order valence-corrected chi connectivity index (χ1v) is 6.45. The molecule has 0 saturated carbocycles. The molecule has 0 unspecified atom stereocenters. The number of hydrogen-bond donors (Lipinski definition) is 1. The molecule has 1 aromatic carbocycles. The second kappa shape index (κ2) is 4.05. The van der Waals surface area contributed by atoms with Crippen molar-refractivity contribution in [2.45, 2.75) is 0 Å². The van der Waals surface area contributed by atoms with Crippen LogP contribution in [0.2, 0.25) is 0 Å². The van der Waals surface area contributed by atoms with Crippen molar-refractivity contribution < 1.29 is 0 Å². The lowest BCUT2D eigenvalue weighted by Gasteiger charge is -2.03. The van der Waals surface area contributed by atoms with Crippen molar-refractivity contribution in [3.8, 4) is 11.4 Å². The third-order valence-corrected chi connectivity index (χ3v) is 3.63. The van der Waals surface area contributed by atoms with Gasteiger partial charge in [-0.05, 0) is 18.2 Å². The van der Waals surface area contributed by atoms with E-state index >= 15 is 0 Å². The standard InChI is InChI=1S/C11H7BrN4S/c12-8-4-3-7(10-15-11(13)17-16-10)9-6(8)2-1-5-14-9/h1-5H,(H2,13,15,16). The van der Waals surface area contributed by atoms with Crippen LogP contribution in [0, 0.1) is 0 Å². The number of nitrogens with zero attached hydrogens (tertiary/aromatic N) is 3. The van der Waals surface area contributed by atoms with E-state index < -0.39 is 0 Å². The highest BCUT2D eigenvalue weighted by atomic mass is 79.9. The summed E-state index contributed by atoms with van der Waals surface area (Å²) in [5, 5.41) is 1.50. The minimum absolute atomic E-state index is 0.465. The molecule has 4 nitrogen and oxygen atoms in total. The number of rotatable bonds is 1. The first-order valence-electron chi connectivity index (χ1n) is 4.88. The Morgan fingerprint density at radius 2 is 2.12 bits per heavy atom. The van der Waals surface area contributed by atoms with E-state index in [4.69, 9.17) is 5.73 Å². The van der Waals surface area contributed by atoms with E-state index in [1.165, 1.54) is 11.5 Å². The van der Waals surface area contributed by atoms with Gasteiger partial charge in [0, 0.05) is 33.2 Å². The van der Waals surface area contributed by atoms with E-state index in [0.29, 0.717) is 11.0 Å². The number of benzene rings is 1. The molecule has 0 atom stereocenters. The van der Waals surface area contributed by atoms with Crippen LogP contribution >= 0.6 is 27.5 Å². The number of hydrogen-bond acceptors (Lipinski definition) is 5. The van der Waals surface area contributed by atoms with Gasteiger partial charge in [-0.25, -0.2) is 0 Å². The zero-order valence-corrected chi connectivity index (χ0v) is 11.0. The van der Waals surface area contributed by atoms with E-state index in [1.54, 1.807) is 6.20 Å². The third-order valence-electron chi connectivity index (χ3n) is 2.40. The van der Waals surface area contributed by atoms with E-state index in [9.17, 15) is 0 Å². The first kappa shape index (κ1) is 10.6. The molecule has 2 aromatic heterocycles. The van der Waals surface area contributed by atoms with Gasteiger partial charge in [0.25, 0.3) is 0 Å². The summed E-state index contributed by atoms with van der Waals surface area (Å²) in [6, 6.07) is 7.82. The molecular weight excluding hydrogens is 300 g/mol. The molecule has 0 aliphatic rings. The Morgan fingerprint density at radius 1 is 1.24 bits per heavy atom. The van der Waals surface area contributed by atoms with E-state index in [2.05, 4.69) is 30.3 Å². The predicted molar refractivity (Wildman–Crippen MR) is 72.8 cm³/mol. The molecule has 0 spiro atoms. The second-order valence-corrected chi connectivity index (χ2v) is 5.09. The van der Waals surface area contributed by atoms with Gasteiger partial charge in [0.05, 0.1) is 5.52 Å².